The van der Waals surface area contributed by atoms with Crippen molar-refractivity contribution < 1.29 is 19.8 Å². The van der Waals surface area contributed by atoms with E-state index in [-0.39, 0.29) is 29.1 Å². The molecule has 4 rings (SSSR count). The molecule has 1 saturated heterocycles. The number of amides is 1. The van der Waals surface area contributed by atoms with Crippen LogP contribution in [0.25, 0.3) is 17.1 Å². The van der Waals surface area contributed by atoms with Gasteiger partial charge in [0.15, 0.2) is 0 Å². The third-order valence-corrected chi connectivity index (χ3v) is 6.27. The topological polar surface area (TPSA) is 108 Å². The Balaban J connectivity index is 1.75. The van der Waals surface area contributed by atoms with Crippen LogP contribution in [-0.4, -0.2) is 56.0 Å². The summed E-state index contributed by atoms with van der Waals surface area (Å²) in [5.41, 5.74) is 3.24. The van der Waals surface area contributed by atoms with Gasteiger partial charge >= 0.3 is 0 Å². The molecule has 0 radical (unpaired) electrons. The van der Waals surface area contributed by atoms with Gasteiger partial charge in [-0.25, -0.2) is 4.98 Å². The van der Waals surface area contributed by atoms with Crippen molar-refractivity contribution in [2.24, 2.45) is 0 Å². The van der Waals surface area contributed by atoms with E-state index < -0.39 is 0 Å². The number of hydrogen-bond donors (Lipinski definition) is 3. The van der Waals surface area contributed by atoms with Crippen LogP contribution < -0.4 is 5.32 Å². The van der Waals surface area contributed by atoms with Crippen LogP contribution in [0.15, 0.2) is 42.6 Å². The first-order valence-electron chi connectivity index (χ1n) is 12.0. The lowest BCUT2D eigenvalue weighted by atomic mass is 9.98. The standard InChI is InChI=1S/C27H32N4O4/c1-4-28-27(35)23-14-29-26(22-12-21(17(2)3)24(33)13-25(22)34)31(23)19-9-7-18(8-10-19)15-30-11-5-6-20(32)16-30/h7-10,12-14,17,33-34H,4-6,11,15-16H2,1-3H3,(H,28,35). The first-order valence-corrected chi connectivity index (χ1v) is 12.0. The van der Waals surface area contributed by atoms with Crippen molar-refractivity contribution in [1.29, 1.82) is 0 Å². The monoisotopic (exact) mass is 476 g/mol. The minimum absolute atomic E-state index is 0.0175. The second kappa shape index (κ2) is 10.3. The van der Waals surface area contributed by atoms with Crippen LogP contribution in [0.1, 0.15) is 61.1 Å². The number of hydrogen-bond acceptors (Lipinski definition) is 6. The molecule has 184 valence electrons. The molecule has 2 heterocycles. The van der Waals surface area contributed by atoms with Gasteiger partial charge < -0.3 is 15.5 Å². The number of imidazole rings is 1. The molecular formula is C27H32N4O4. The maximum absolute atomic E-state index is 12.8. The molecule has 1 aromatic heterocycles. The number of carbonyl (C=O) groups is 2. The van der Waals surface area contributed by atoms with Crippen LogP contribution in [0.2, 0.25) is 0 Å². The van der Waals surface area contributed by atoms with Gasteiger partial charge in [-0.1, -0.05) is 26.0 Å². The zero-order valence-corrected chi connectivity index (χ0v) is 20.4. The van der Waals surface area contributed by atoms with Crippen molar-refractivity contribution in [1.82, 2.24) is 19.8 Å². The lowest BCUT2D eigenvalue weighted by Gasteiger charge is -2.25. The summed E-state index contributed by atoms with van der Waals surface area (Å²) in [6, 6.07) is 10.8. The molecule has 0 spiro atoms. The maximum atomic E-state index is 12.8. The highest BCUT2D eigenvalue weighted by molar-refractivity contribution is 5.94. The number of benzene rings is 2. The highest BCUT2D eigenvalue weighted by Crippen LogP contribution is 2.38. The van der Waals surface area contributed by atoms with Crippen molar-refractivity contribution >= 4 is 11.7 Å². The van der Waals surface area contributed by atoms with Crippen molar-refractivity contribution in [3.8, 4) is 28.6 Å². The Morgan fingerprint density at radius 2 is 1.89 bits per heavy atom. The van der Waals surface area contributed by atoms with E-state index in [1.807, 2.05) is 45.0 Å². The van der Waals surface area contributed by atoms with Crippen molar-refractivity contribution in [2.45, 2.75) is 46.1 Å². The average Bonchev–Trinajstić information content (AvgIpc) is 3.24. The number of aromatic hydroxyl groups is 2. The SMILES string of the molecule is CCNC(=O)c1cnc(-c2cc(C(C)C)c(O)cc2O)n1-c1ccc(CN2CCCC(=O)C2)cc1. The molecule has 0 saturated carbocycles. The Kier molecular flexibility index (Phi) is 7.21. The van der Waals surface area contributed by atoms with E-state index in [1.54, 1.807) is 10.6 Å². The molecule has 1 aliphatic rings. The van der Waals surface area contributed by atoms with Gasteiger partial charge in [-0.15, -0.1) is 0 Å². The van der Waals surface area contributed by atoms with Gasteiger partial charge in [0.05, 0.1) is 18.3 Å². The molecule has 3 aromatic rings. The van der Waals surface area contributed by atoms with Gasteiger partial charge in [0.25, 0.3) is 5.91 Å². The first-order chi connectivity index (χ1) is 16.8. The Hall–Kier alpha value is -3.65. The molecule has 1 aliphatic heterocycles. The Labute approximate surface area is 205 Å². The molecule has 1 amide bonds. The van der Waals surface area contributed by atoms with E-state index in [4.69, 9.17) is 0 Å². The number of likely N-dealkylation sites (tertiary alicyclic amines) is 1. The number of piperidine rings is 1. The number of nitrogens with zero attached hydrogens (tertiary/aromatic N) is 3. The zero-order chi connectivity index (χ0) is 25.1. The molecule has 0 unspecified atom stereocenters. The smallest absolute Gasteiger partial charge is 0.269 e. The summed E-state index contributed by atoms with van der Waals surface area (Å²) >= 11 is 0. The van der Waals surface area contributed by atoms with Crippen LogP contribution in [0.5, 0.6) is 11.5 Å². The summed E-state index contributed by atoms with van der Waals surface area (Å²) in [4.78, 5) is 31.3. The number of phenolic OH excluding ortho intramolecular Hbond substituents is 2. The van der Waals surface area contributed by atoms with Crippen LogP contribution in [0.3, 0.4) is 0 Å². The second-order valence-electron chi connectivity index (χ2n) is 9.26. The highest BCUT2D eigenvalue weighted by Gasteiger charge is 2.23. The summed E-state index contributed by atoms with van der Waals surface area (Å²) < 4.78 is 1.72. The molecular weight excluding hydrogens is 444 g/mol. The number of carbonyl (C=O) groups excluding carboxylic acids is 2. The van der Waals surface area contributed by atoms with Gasteiger partial charge in [0.2, 0.25) is 0 Å². The van der Waals surface area contributed by atoms with Gasteiger partial charge in [0, 0.05) is 31.3 Å². The third kappa shape index (κ3) is 5.22. The molecule has 0 atom stereocenters. The second-order valence-corrected chi connectivity index (χ2v) is 9.26. The number of aromatic nitrogens is 2. The van der Waals surface area contributed by atoms with E-state index in [2.05, 4.69) is 15.2 Å². The summed E-state index contributed by atoms with van der Waals surface area (Å²) in [7, 11) is 0. The number of nitrogens with one attached hydrogen (secondary N) is 1. The molecule has 1 fully saturated rings. The fourth-order valence-corrected chi connectivity index (χ4v) is 4.50. The number of rotatable bonds is 7. The number of phenols is 2. The van der Waals surface area contributed by atoms with Gasteiger partial charge in [-0.05, 0) is 55.1 Å². The minimum Gasteiger partial charge on any atom is -0.508 e. The van der Waals surface area contributed by atoms with Crippen molar-refractivity contribution in [3.63, 3.8) is 0 Å². The molecule has 2 aromatic carbocycles. The normalized spacial score (nSPS) is 14.5. The predicted molar refractivity (Wildman–Crippen MR) is 134 cm³/mol. The van der Waals surface area contributed by atoms with E-state index >= 15 is 0 Å². The first kappa shape index (κ1) is 24.5. The van der Waals surface area contributed by atoms with E-state index in [0.29, 0.717) is 48.7 Å². The zero-order valence-electron chi connectivity index (χ0n) is 20.4. The van der Waals surface area contributed by atoms with Crippen LogP contribution >= 0.6 is 0 Å². The quantitative estimate of drug-likeness (QED) is 0.476. The van der Waals surface area contributed by atoms with Crippen molar-refractivity contribution in [2.75, 3.05) is 19.6 Å². The van der Waals surface area contributed by atoms with E-state index in [9.17, 15) is 19.8 Å². The van der Waals surface area contributed by atoms with E-state index in [0.717, 1.165) is 24.2 Å². The molecule has 0 bridgehead atoms. The number of Topliss-reactive ketones (excluding diaryl/α,β-unsaturated/α-hetero) is 1. The lowest BCUT2D eigenvalue weighted by Crippen LogP contribution is -2.34. The molecule has 35 heavy (non-hydrogen) atoms. The average molecular weight is 477 g/mol. The van der Waals surface area contributed by atoms with Crippen LogP contribution in [0, 0.1) is 0 Å². The summed E-state index contributed by atoms with van der Waals surface area (Å²) in [5, 5.41) is 23.8. The Morgan fingerprint density at radius 3 is 2.54 bits per heavy atom. The van der Waals surface area contributed by atoms with Gasteiger partial charge in [0.1, 0.15) is 28.8 Å². The Bertz CT molecular complexity index is 1230. The highest BCUT2D eigenvalue weighted by atomic mass is 16.3. The van der Waals surface area contributed by atoms with E-state index in [1.165, 1.54) is 12.3 Å². The van der Waals surface area contributed by atoms with Gasteiger partial charge in [-0.2, -0.15) is 0 Å². The fraction of sp³-hybridized carbons (Fsp3) is 0.370. The largest absolute Gasteiger partial charge is 0.508 e. The molecule has 3 N–H and O–H groups in total. The molecule has 8 heteroatoms. The molecule has 0 aliphatic carbocycles. The van der Waals surface area contributed by atoms with Crippen LogP contribution in [-0.2, 0) is 11.3 Å². The molecule has 8 nitrogen and oxygen atoms in total. The maximum Gasteiger partial charge on any atom is 0.269 e. The Morgan fingerprint density at radius 1 is 1.14 bits per heavy atom. The van der Waals surface area contributed by atoms with Crippen molar-refractivity contribution in [3.05, 3.63) is 59.4 Å². The predicted octanol–water partition coefficient (Wildman–Crippen LogP) is 3.99. The summed E-state index contributed by atoms with van der Waals surface area (Å²) in [6.45, 7) is 8.29. The summed E-state index contributed by atoms with van der Waals surface area (Å²) in [6.07, 6.45) is 3.04. The van der Waals surface area contributed by atoms with Crippen LogP contribution in [0.4, 0.5) is 0 Å². The van der Waals surface area contributed by atoms with Gasteiger partial charge in [-0.3, -0.25) is 19.1 Å². The summed E-state index contributed by atoms with van der Waals surface area (Å²) in [5.74, 6) is 0.333. The number of ketones is 1. The lowest BCUT2D eigenvalue weighted by molar-refractivity contribution is -0.122. The minimum atomic E-state index is -0.274. The third-order valence-electron chi connectivity index (χ3n) is 6.27. The fourth-order valence-electron chi connectivity index (χ4n) is 4.50.